The number of benzene rings is 1. The first-order chi connectivity index (χ1) is 13.5. The first-order valence-corrected chi connectivity index (χ1v) is 8.86. The van der Waals surface area contributed by atoms with Crippen molar-refractivity contribution in [2.75, 3.05) is 6.54 Å². The van der Waals surface area contributed by atoms with E-state index in [1.807, 2.05) is 0 Å². The van der Waals surface area contributed by atoms with Crippen LogP contribution in [0.2, 0.25) is 0 Å². The molecule has 7 nitrogen and oxygen atoms in total. The number of carbonyl (C=O) groups excluding carboxylic acids is 1. The van der Waals surface area contributed by atoms with Gasteiger partial charge in [-0.3, -0.25) is 19.3 Å². The fraction of sp³-hybridized carbons (Fsp3) is 0.263. The van der Waals surface area contributed by atoms with Gasteiger partial charge >= 0.3 is 0 Å². The molecule has 9 heteroatoms. The summed E-state index contributed by atoms with van der Waals surface area (Å²) in [6.07, 6.45) is 3.63. The van der Waals surface area contributed by atoms with Crippen LogP contribution in [0.5, 0.6) is 0 Å². The van der Waals surface area contributed by atoms with E-state index in [0.717, 1.165) is 30.7 Å². The van der Waals surface area contributed by atoms with Crippen LogP contribution in [0.25, 0.3) is 11.3 Å². The van der Waals surface area contributed by atoms with Gasteiger partial charge in [0.25, 0.3) is 11.5 Å². The van der Waals surface area contributed by atoms with Gasteiger partial charge in [-0.2, -0.15) is 5.10 Å². The fourth-order valence-electron chi connectivity index (χ4n) is 2.87. The second kappa shape index (κ2) is 7.34. The molecule has 28 heavy (non-hydrogen) atoms. The highest BCUT2D eigenvalue weighted by Crippen LogP contribution is 2.38. The van der Waals surface area contributed by atoms with Gasteiger partial charge in [0, 0.05) is 36.7 Å². The molecular weight excluding hydrogens is 368 g/mol. The molecule has 0 atom stereocenters. The zero-order chi connectivity index (χ0) is 19.7. The van der Waals surface area contributed by atoms with E-state index >= 15 is 0 Å². The van der Waals surface area contributed by atoms with Crippen molar-refractivity contribution in [3.8, 4) is 11.3 Å². The van der Waals surface area contributed by atoms with Gasteiger partial charge < -0.3 is 5.32 Å². The molecule has 0 aliphatic heterocycles. The minimum atomic E-state index is -0.764. The quantitative estimate of drug-likeness (QED) is 0.681. The number of aromatic amines is 1. The number of rotatable bonds is 6. The van der Waals surface area contributed by atoms with E-state index in [1.165, 1.54) is 29.1 Å². The van der Waals surface area contributed by atoms with Crippen LogP contribution < -0.4 is 10.9 Å². The van der Waals surface area contributed by atoms with Gasteiger partial charge in [-0.1, -0.05) is 0 Å². The Hall–Kier alpha value is -3.36. The highest BCUT2D eigenvalue weighted by Gasteiger charge is 2.25. The summed E-state index contributed by atoms with van der Waals surface area (Å²) in [6.45, 7) is 0.485. The lowest BCUT2D eigenvalue weighted by Crippen LogP contribution is -2.31. The van der Waals surface area contributed by atoms with Crippen molar-refractivity contribution in [3.05, 3.63) is 70.0 Å². The molecule has 1 aromatic carbocycles. The third-order valence-electron chi connectivity index (χ3n) is 4.56. The zero-order valence-corrected chi connectivity index (χ0v) is 14.8. The molecule has 4 rings (SSSR count). The Morgan fingerprint density at radius 1 is 1.25 bits per heavy atom. The Morgan fingerprint density at radius 3 is 2.79 bits per heavy atom. The van der Waals surface area contributed by atoms with Crippen molar-refractivity contribution in [2.45, 2.75) is 25.3 Å². The number of amides is 1. The number of aromatic nitrogens is 4. The lowest BCUT2D eigenvalue weighted by molar-refractivity contribution is 0.0947. The third-order valence-corrected chi connectivity index (χ3v) is 4.56. The second-order valence-electron chi connectivity index (χ2n) is 6.67. The number of hydrogen-bond acceptors (Lipinski definition) is 4. The fourth-order valence-corrected chi connectivity index (χ4v) is 2.87. The van der Waals surface area contributed by atoms with Gasteiger partial charge in [0.2, 0.25) is 0 Å². The minimum Gasteiger partial charge on any atom is -0.349 e. The highest BCUT2D eigenvalue weighted by atomic mass is 19.1. The van der Waals surface area contributed by atoms with Crippen LogP contribution in [-0.2, 0) is 6.54 Å². The molecule has 144 valence electrons. The molecule has 1 amide bonds. The van der Waals surface area contributed by atoms with Crippen LogP contribution in [0, 0.1) is 11.6 Å². The normalized spacial score (nSPS) is 13.5. The first kappa shape index (κ1) is 18.0. The number of nitrogens with zero attached hydrogens (tertiary/aromatic N) is 3. The van der Waals surface area contributed by atoms with E-state index in [-0.39, 0.29) is 35.6 Å². The summed E-state index contributed by atoms with van der Waals surface area (Å²) in [5, 5.41) is 9.09. The van der Waals surface area contributed by atoms with Gasteiger partial charge in [0.15, 0.2) is 0 Å². The molecule has 1 aliphatic rings. The lowest BCUT2D eigenvalue weighted by atomic mass is 10.1. The molecule has 2 N–H and O–H groups in total. The van der Waals surface area contributed by atoms with Crippen molar-refractivity contribution in [1.82, 2.24) is 25.1 Å². The number of hydrogen-bond donors (Lipinski definition) is 2. The van der Waals surface area contributed by atoms with Crippen LogP contribution in [0.4, 0.5) is 8.78 Å². The van der Waals surface area contributed by atoms with Crippen LogP contribution >= 0.6 is 0 Å². The molecule has 0 spiro atoms. The largest absolute Gasteiger partial charge is 0.349 e. The Labute approximate surface area is 158 Å². The Bertz CT molecular complexity index is 1090. The molecule has 0 unspecified atom stereocenters. The standard InChI is InChI=1S/C19H17F2N5O2/c20-12-3-4-13(14(21)7-12)16-8-17(25-24-16)19(28)22-5-6-26-10-23-15(9-18(26)27)11-1-2-11/h3-4,7-11H,1-2,5-6H2,(H,22,28)(H,24,25). The molecule has 2 aromatic heterocycles. The second-order valence-corrected chi connectivity index (χ2v) is 6.67. The molecular formula is C19H17F2N5O2. The predicted molar refractivity (Wildman–Crippen MR) is 96.7 cm³/mol. The van der Waals surface area contributed by atoms with Crippen LogP contribution in [0.1, 0.15) is 34.9 Å². The Kier molecular flexibility index (Phi) is 4.72. The number of H-pyrrole nitrogens is 1. The molecule has 1 saturated carbocycles. The van der Waals surface area contributed by atoms with Crippen LogP contribution in [0.15, 0.2) is 41.5 Å². The summed E-state index contributed by atoms with van der Waals surface area (Å²) in [5.41, 5.74) is 1.09. The average Bonchev–Trinajstić information content (AvgIpc) is 3.40. The van der Waals surface area contributed by atoms with Gasteiger partial charge in [-0.05, 0) is 31.0 Å². The zero-order valence-electron chi connectivity index (χ0n) is 14.8. The summed E-state index contributed by atoms with van der Waals surface area (Å²) in [4.78, 5) is 28.6. The summed E-state index contributed by atoms with van der Waals surface area (Å²) >= 11 is 0. The van der Waals surface area contributed by atoms with Crippen molar-refractivity contribution in [1.29, 1.82) is 0 Å². The number of nitrogens with one attached hydrogen (secondary N) is 2. The van der Waals surface area contributed by atoms with Gasteiger partial charge in [0.05, 0.1) is 17.7 Å². The van der Waals surface area contributed by atoms with Crippen LogP contribution in [0.3, 0.4) is 0 Å². The molecule has 0 radical (unpaired) electrons. The lowest BCUT2D eigenvalue weighted by Gasteiger charge is -2.07. The summed E-state index contributed by atoms with van der Waals surface area (Å²) in [7, 11) is 0. The third kappa shape index (κ3) is 3.83. The molecule has 1 aliphatic carbocycles. The average molecular weight is 385 g/mol. The van der Waals surface area contributed by atoms with Crippen molar-refractivity contribution in [2.24, 2.45) is 0 Å². The summed E-state index contributed by atoms with van der Waals surface area (Å²) < 4.78 is 28.3. The Morgan fingerprint density at radius 2 is 2.07 bits per heavy atom. The maximum Gasteiger partial charge on any atom is 0.269 e. The van der Waals surface area contributed by atoms with Gasteiger partial charge in [-0.25, -0.2) is 13.8 Å². The minimum absolute atomic E-state index is 0.0880. The number of halogens is 2. The molecule has 2 heterocycles. The van der Waals surface area contributed by atoms with Crippen molar-refractivity contribution < 1.29 is 13.6 Å². The maximum atomic E-state index is 13.8. The molecule has 3 aromatic rings. The monoisotopic (exact) mass is 385 g/mol. The maximum absolute atomic E-state index is 13.8. The van der Waals surface area contributed by atoms with Crippen LogP contribution in [-0.4, -0.2) is 32.2 Å². The van der Waals surface area contributed by atoms with Crippen molar-refractivity contribution >= 4 is 5.91 Å². The summed E-state index contributed by atoms with van der Waals surface area (Å²) in [5.74, 6) is -1.50. The van der Waals surface area contributed by atoms with E-state index in [4.69, 9.17) is 0 Å². The van der Waals surface area contributed by atoms with E-state index in [1.54, 1.807) is 0 Å². The van der Waals surface area contributed by atoms with Gasteiger partial charge in [-0.15, -0.1) is 0 Å². The van der Waals surface area contributed by atoms with E-state index < -0.39 is 17.5 Å². The SMILES string of the molecule is O=C(NCCn1cnc(C2CC2)cc1=O)c1cc(-c2ccc(F)cc2F)n[nH]1. The molecule has 1 fully saturated rings. The van der Waals surface area contributed by atoms with Crippen molar-refractivity contribution in [3.63, 3.8) is 0 Å². The predicted octanol–water partition coefficient (Wildman–Crippen LogP) is 2.22. The Balaban J connectivity index is 1.37. The van der Waals surface area contributed by atoms with E-state index in [9.17, 15) is 18.4 Å². The van der Waals surface area contributed by atoms with Gasteiger partial charge in [0.1, 0.15) is 17.3 Å². The molecule has 0 bridgehead atoms. The highest BCUT2D eigenvalue weighted by molar-refractivity contribution is 5.93. The van der Waals surface area contributed by atoms with E-state index in [0.29, 0.717) is 5.92 Å². The van der Waals surface area contributed by atoms with E-state index in [2.05, 4.69) is 20.5 Å². The number of carbonyl (C=O) groups is 1. The summed E-state index contributed by atoms with van der Waals surface area (Å²) in [6, 6.07) is 6.05. The first-order valence-electron chi connectivity index (χ1n) is 8.86. The smallest absolute Gasteiger partial charge is 0.269 e. The molecule has 0 saturated heterocycles. The topological polar surface area (TPSA) is 92.7 Å².